The average Bonchev–Trinajstić information content (AvgIpc) is 2.38. The Bertz CT molecular complexity index is 687. The first-order valence-corrected chi connectivity index (χ1v) is 7.06. The molecule has 100 valence electrons. The van der Waals surface area contributed by atoms with E-state index in [1.54, 1.807) is 25.2 Å². The Balaban J connectivity index is 2.38. The number of hydrogen-bond acceptors (Lipinski definition) is 3. The highest BCUT2D eigenvalue weighted by atomic mass is 32.2. The second-order valence-corrected chi connectivity index (χ2v) is 5.51. The van der Waals surface area contributed by atoms with Gasteiger partial charge in [0.2, 0.25) is 0 Å². The minimum atomic E-state index is -3.75. The maximum atomic E-state index is 13.0. The number of anilines is 2. The first-order chi connectivity index (χ1) is 9.03. The molecule has 0 saturated carbocycles. The molecule has 0 aliphatic carbocycles. The maximum Gasteiger partial charge on any atom is 0.263 e. The van der Waals surface area contributed by atoms with Gasteiger partial charge in [0.15, 0.2) is 0 Å². The van der Waals surface area contributed by atoms with Crippen LogP contribution in [0.2, 0.25) is 0 Å². The summed E-state index contributed by atoms with van der Waals surface area (Å²) in [4.78, 5) is 0.113. The van der Waals surface area contributed by atoms with Crippen molar-refractivity contribution in [1.29, 1.82) is 0 Å². The van der Waals surface area contributed by atoms with Crippen molar-refractivity contribution in [3.05, 3.63) is 54.3 Å². The van der Waals surface area contributed by atoms with Crippen molar-refractivity contribution in [3.63, 3.8) is 0 Å². The summed E-state index contributed by atoms with van der Waals surface area (Å²) in [7, 11) is -2.12. The van der Waals surface area contributed by atoms with Gasteiger partial charge in [-0.25, -0.2) is 12.8 Å². The molecule has 0 aromatic heterocycles. The van der Waals surface area contributed by atoms with Crippen LogP contribution in [-0.2, 0) is 10.0 Å². The van der Waals surface area contributed by atoms with Crippen molar-refractivity contribution >= 4 is 21.4 Å². The summed E-state index contributed by atoms with van der Waals surface area (Å²) in [5, 5.41) is 2.81. The smallest absolute Gasteiger partial charge is 0.263 e. The van der Waals surface area contributed by atoms with Gasteiger partial charge >= 0.3 is 0 Å². The minimum absolute atomic E-state index is 0.113. The third-order valence-corrected chi connectivity index (χ3v) is 3.96. The lowest BCUT2D eigenvalue weighted by atomic mass is 10.3. The Labute approximate surface area is 111 Å². The molecule has 2 aromatic carbocycles. The van der Waals surface area contributed by atoms with E-state index < -0.39 is 15.8 Å². The van der Waals surface area contributed by atoms with Crippen LogP contribution >= 0.6 is 0 Å². The monoisotopic (exact) mass is 280 g/mol. The molecule has 0 amide bonds. The second kappa shape index (κ2) is 5.27. The van der Waals surface area contributed by atoms with E-state index in [-0.39, 0.29) is 10.6 Å². The summed E-state index contributed by atoms with van der Waals surface area (Å²) in [6.07, 6.45) is 0. The number of para-hydroxylation sites is 1. The summed E-state index contributed by atoms with van der Waals surface area (Å²) in [6.45, 7) is 0. The largest absolute Gasteiger partial charge is 0.387 e. The van der Waals surface area contributed by atoms with Gasteiger partial charge < -0.3 is 5.32 Å². The predicted octanol–water partition coefficient (Wildman–Crippen LogP) is 2.67. The Morgan fingerprint density at radius 2 is 1.79 bits per heavy atom. The molecule has 19 heavy (non-hydrogen) atoms. The molecule has 0 radical (unpaired) electrons. The second-order valence-electron chi connectivity index (χ2n) is 3.86. The molecule has 2 N–H and O–H groups in total. The molecule has 0 heterocycles. The molecular formula is C13H13FN2O2S. The van der Waals surface area contributed by atoms with E-state index >= 15 is 0 Å². The fourth-order valence-corrected chi connectivity index (χ4v) is 2.93. The normalized spacial score (nSPS) is 11.1. The molecule has 2 aromatic rings. The van der Waals surface area contributed by atoms with Gasteiger partial charge in [-0.05, 0) is 30.3 Å². The molecule has 0 fully saturated rings. The van der Waals surface area contributed by atoms with Crippen LogP contribution in [0.5, 0.6) is 0 Å². The number of benzene rings is 2. The summed E-state index contributed by atoms with van der Waals surface area (Å²) < 4.78 is 39.8. The Kier molecular flexibility index (Phi) is 3.71. The fourth-order valence-electron chi connectivity index (χ4n) is 1.67. The van der Waals surface area contributed by atoms with Gasteiger partial charge in [-0.1, -0.05) is 18.2 Å². The molecule has 6 heteroatoms. The third kappa shape index (κ3) is 3.03. The number of rotatable bonds is 4. The summed E-state index contributed by atoms with van der Waals surface area (Å²) >= 11 is 0. The maximum absolute atomic E-state index is 13.0. The van der Waals surface area contributed by atoms with Crippen LogP contribution in [0.25, 0.3) is 0 Å². The minimum Gasteiger partial charge on any atom is -0.387 e. The lowest BCUT2D eigenvalue weighted by Gasteiger charge is -2.11. The summed E-state index contributed by atoms with van der Waals surface area (Å²) in [5.41, 5.74) is 0.664. The van der Waals surface area contributed by atoms with E-state index in [0.717, 1.165) is 6.07 Å². The highest BCUT2D eigenvalue weighted by molar-refractivity contribution is 7.92. The Morgan fingerprint density at radius 1 is 1.05 bits per heavy atom. The van der Waals surface area contributed by atoms with Gasteiger partial charge in [-0.15, -0.1) is 0 Å². The first-order valence-electron chi connectivity index (χ1n) is 5.58. The first kappa shape index (κ1) is 13.4. The van der Waals surface area contributed by atoms with Crippen LogP contribution in [0.3, 0.4) is 0 Å². The van der Waals surface area contributed by atoms with Crippen molar-refractivity contribution in [1.82, 2.24) is 0 Å². The van der Waals surface area contributed by atoms with Crippen LogP contribution in [0.4, 0.5) is 15.8 Å². The van der Waals surface area contributed by atoms with Crippen molar-refractivity contribution in [2.24, 2.45) is 0 Å². The Morgan fingerprint density at radius 3 is 2.47 bits per heavy atom. The van der Waals surface area contributed by atoms with E-state index in [9.17, 15) is 12.8 Å². The lowest BCUT2D eigenvalue weighted by molar-refractivity contribution is 0.601. The summed E-state index contributed by atoms with van der Waals surface area (Å²) in [6, 6.07) is 11.8. The zero-order chi connectivity index (χ0) is 13.9. The zero-order valence-electron chi connectivity index (χ0n) is 10.2. The zero-order valence-corrected chi connectivity index (χ0v) is 11.0. The molecule has 0 bridgehead atoms. The molecule has 0 aliphatic rings. The van der Waals surface area contributed by atoms with Gasteiger partial charge in [0.1, 0.15) is 10.7 Å². The topological polar surface area (TPSA) is 58.2 Å². The van der Waals surface area contributed by atoms with Crippen LogP contribution < -0.4 is 10.0 Å². The van der Waals surface area contributed by atoms with Crippen LogP contribution in [0, 0.1) is 5.82 Å². The Hall–Kier alpha value is -2.08. The van der Waals surface area contributed by atoms with Gasteiger partial charge in [0.05, 0.1) is 11.4 Å². The van der Waals surface area contributed by atoms with Crippen LogP contribution in [-0.4, -0.2) is 15.5 Å². The lowest BCUT2D eigenvalue weighted by Crippen LogP contribution is -2.14. The molecule has 0 atom stereocenters. The van der Waals surface area contributed by atoms with E-state index in [1.165, 1.54) is 24.3 Å². The van der Waals surface area contributed by atoms with Crippen molar-refractivity contribution in [3.8, 4) is 0 Å². The van der Waals surface area contributed by atoms with E-state index in [0.29, 0.717) is 5.69 Å². The predicted molar refractivity (Wildman–Crippen MR) is 73.2 cm³/mol. The van der Waals surface area contributed by atoms with Crippen molar-refractivity contribution < 1.29 is 12.8 Å². The van der Waals surface area contributed by atoms with Gasteiger partial charge in [0.25, 0.3) is 10.0 Å². The van der Waals surface area contributed by atoms with Gasteiger partial charge in [0, 0.05) is 7.05 Å². The van der Waals surface area contributed by atoms with E-state index in [4.69, 9.17) is 0 Å². The number of hydrogen-bond donors (Lipinski definition) is 2. The highest BCUT2D eigenvalue weighted by Crippen LogP contribution is 2.23. The molecular weight excluding hydrogens is 267 g/mol. The standard InChI is InChI=1S/C13H13FN2O2S/c1-15-12-7-2-3-8-13(12)19(17,18)16-11-6-4-5-10(14)9-11/h2-9,15-16H,1H3. The van der Waals surface area contributed by atoms with Crippen molar-refractivity contribution in [2.45, 2.75) is 4.90 Å². The molecule has 0 unspecified atom stereocenters. The quantitative estimate of drug-likeness (QED) is 0.905. The molecule has 4 nitrogen and oxygen atoms in total. The molecule has 0 aliphatic heterocycles. The van der Waals surface area contributed by atoms with Gasteiger partial charge in [-0.3, -0.25) is 4.72 Å². The number of halogens is 1. The molecule has 0 spiro atoms. The molecule has 0 saturated heterocycles. The van der Waals surface area contributed by atoms with Crippen LogP contribution in [0.15, 0.2) is 53.4 Å². The molecule has 2 rings (SSSR count). The van der Waals surface area contributed by atoms with E-state index in [2.05, 4.69) is 10.0 Å². The number of nitrogens with one attached hydrogen (secondary N) is 2. The van der Waals surface area contributed by atoms with Crippen LogP contribution in [0.1, 0.15) is 0 Å². The van der Waals surface area contributed by atoms with Gasteiger partial charge in [-0.2, -0.15) is 0 Å². The average molecular weight is 280 g/mol. The highest BCUT2D eigenvalue weighted by Gasteiger charge is 2.17. The third-order valence-electron chi connectivity index (χ3n) is 2.52. The summed E-state index contributed by atoms with van der Waals surface area (Å²) in [5.74, 6) is -0.498. The number of sulfonamides is 1. The fraction of sp³-hybridized carbons (Fsp3) is 0.0769. The van der Waals surface area contributed by atoms with E-state index in [1.807, 2.05) is 0 Å². The van der Waals surface area contributed by atoms with Crippen molar-refractivity contribution in [2.75, 3.05) is 17.1 Å². The SMILES string of the molecule is CNc1ccccc1S(=O)(=O)Nc1cccc(F)c1.